The third-order valence-corrected chi connectivity index (χ3v) is 3.96. The molecule has 3 rings (SSSR count). The van der Waals surface area contributed by atoms with Gasteiger partial charge in [0.15, 0.2) is 0 Å². The van der Waals surface area contributed by atoms with Crippen LogP contribution in [0.5, 0.6) is 0 Å². The highest BCUT2D eigenvalue weighted by Crippen LogP contribution is 2.35. The molecule has 0 aliphatic rings. The molecule has 3 nitrogen and oxygen atoms in total. The van der Waals surface area contributed by atoms with Gasteiger partial charge in [0.05, 0.1) is 16.8 Å². The number of hydrogen-bond acceptors (Lipinski definition) is 3. The maximum absolute atomic E-state index is 9.25. The van der Waals surface area contributed by atoms with Gasteiger partial charge in [-0.25, -0.2) is 0 Å². The van der Waals surface area contributed by atoms with E-state index in [2.05, 4.69) is 44.4 Å². The number of rotatable bonds is 2. The molecule has 0 spiro atoms. The summed E-state index contributed by atoms with van der Waals surface area (Å²) in [5.41, 5.74) is 2.34. The zero-order chi connectivity index (χ0) is 14.1. The molecule has 0 unspecified atom stereocenters. The Morgan fingerprint density at radius 3 is 2.70 bits per heavy atom. The number of nitrogens with one attached hydrogen (secondary N) is 1. The summed E-state index contributed by atoms with van der Waals surface area (Å²) in [7, 11) is 0. The highest BCUT2D eigenvalue weighted by molar-refractivity contribution is 9.10. The summed E-state index contributed by atoms with van der Waals surface area (Å²) in [4.78, 5) is 4.48. The average molecular weight is 326 g/mol. The molecule has 0 saturated heterocycles. The van der Waals surface area contributed by atoms with Crippen molar-refractivity contribution in [2.75, 3.05) is 11.9 Å². The summed E-state index contributed by atoms with van der Waals surface area (Å²) in [6, 6.07) is 12.4. The van der Waals surface area contributed by atoms with Crippen LogP contribution in [-0.2, 0) is 0 Å². The number of nitriles is 1. The number of pyridine rings is 1. The normalized spacial score (nSPS) is 10.7. The van der Waals surface area contributed by atoms with Gasteiger partial charge in [-0.1, -0.05) is 40.2 Å². The first-order chi connectivity index (χ1) is 9.76. The van der Waals surface area contributed by atoms with E-state index in [0.717, 1.165) is 38.4 Å². The lowest BCUT2D eigenvalue weighted by atomic mass is 10.0. The lowest BCUT2D eigenvalue weighted by Gasteiger charge is -2.12. The molecule has 0 bridgehead atoms. The molecule has 0 aliphatic heterocycles. The van der Waals surface area contributed by atoms with E-state index in [1.54, 1.807) is 6.20 Å². The molecule has 1 N–H and O–H groups in total. The lowest BCUT2D eigenvalue weighted by molar-refractivity contribution is 1.21. The van der Waals surface area contributed by atoms with Crippen molar-refractivity contribution >= 4 is 43.3 Å². The van der Waals surface area contributed by atoms with Crippen molar-refractivity contribution in [3.8, 4) is 6.07 Å². The van der Waals surface area contributed by atoms with E-state index in [9.17, 15) is 5.26 Å². The number of nitrogens with zero attached hydrogens (tertiary/aromatic N) is 2. The number of benzene rings is 2. The summed E-state index contributed by atoms with van der Waals surface area (Å²) in [5, 5.41) is 15.7. The SMILES string of the molecule is CCNc1c(C#N)cnc2c1cc(Br)c1ccccc12. The minimum Gasteiger partial charge on any atom is -0.384 e. The predicted molar refractivity (Wildman–Crippen MR) is 85.8 cm³/mol. The molecule has 0 fully saturated rings. The number of hydrogen-bond donors (Lipinski definition) is 1. The van der Waals surface area contributed by atoms with Crippen LogP contribution in [0.4, 0.5) is 5.69 Å². The standard InChI is InChI=1S/C16H12BrN3/c1-2-19-15-10(8-18)9-20-16-12-6-4-3-5-11(12)14(17)7-13(15)16/h3-7,9H,2H2,1H3,(H,19,20). The highest BCUT2D eigenvalue weighted by atomic mass is 79.9. The van der Waals surface area contributed by atoms with E-state index in [1.165, 1.54) is 0 Å². The number of aromatic nitrogens is 1. The van der Waals surface area contributed by atoms with Gasteiger partial charge in [-0.2, -0.15) is 5.26 Å². The molecule has 98 valence electrons. The van der Waals surface area contributed by atoms with Crippen LogP contribution in [0.15, 0.2) is 41.0 Å². The molecule has 3 aromatic rings. The second-order valence-electron chi connectivity index (χ2n) is 4.49. The largest absolute Gasteiger partial charge is 0.384 e. The van der Waals surface area contributed by atoms with Gasteiger partial charge < -0.3 is 5.32 Å². The molecule has 0 atom stereocenters. The zero-order valence-electron chi connectivity index (χ0n) is 10.9. The van der Waals surface area contributed by atoms with Crippen LogP contribution in [0.2, 0.25) is 0 Å². The first-order valence-corrected chi connectivity index (χ1v) is 7.19. The topological polar surface area (TPSA) is 48.7 Å². The predicted octanol–water partition coefficient (Wildman–Crippen LogP) is 4.45. The summed E-state index contributed by atoms with van der Waals surface area (Å²) < 4.78 is 1.01. The minimum absolute atomic E-state index is 0.571. The Kier molecular flexibility index (Phi) is 3.29. The Balaban J connectivity index is 2.50. The zero-order valence-corrected chi connectivity index (χ0v) is 12.5. The number of fused-ring (bicyclic) bond motifs is 3. The van der Waals surface area contributed by atoms with Crippen LogP contribution in [0.3, 0.4) is 0 Å². The fraction of sp³-hybridized carbons (Fsp3) is 0.125. The summed E-state index contributed by atoms with van der Waals surface area (Å²) in [6.07, 6.45) is 1.64. The first-order valence-electron chi connectivity index (χ1n) is 6.40. The van der Waals surface area contributed by atoms with Gasteiger partial charge in [-0.15, -0.1) is 0 Å². The van der Waals surface area contributed by atoms with E-state index in [1.807, 2.05) is 25.1 Å². The van der Waals surface area contributed by atoms with Crippen LogP contribution in [0.1, 0.15) is 12.5 Å². The average Bonchev–Trinajstić information content (AvgIpc) is 2.48. The molecule has 4 heteroatoms. The first kappa shape index (κ1) is 12.9. The molecule has 0 aliphatic carbocycles. The van der Waals surface area contributed by atoms with Gasteiger partial charge in [0, 0.05) is 28.0 Å². The fourth-order valence-corrected chi connectivity index (χ4v) is 3.01. The lowest BCUT2D eigenvalue weighted by Crippen LogP contribution is -2.01. The number of anilines is 1. The van der Waals surface area contributed by atoms with Crippen molar-refractivity contribution < 1.29 is 0 Å². The molecule has 1 aromatic heterocycles. The summed E-state index contributed by atoms with van der Waals surface area (Å²) in [5.74, 6) is 0. The van der Waals surface area contributed by atoms with Gasteiger partial charge in [0.1, 0.15) is 6.07 Å². The Hall–Kier alpha value is -2.12. The van der Waals surface area contributed by atoms with Crippen LogP contribution >= 0.6 is 15.9 Å². The van der Waals surface area contributed by atoms with Gasteiger partial charge in [0.25, 0.3) is 0 Å². The molecule has 0 saturated carbocycles. The van der Waals surface area contributed by atoms with E-state index >= 15 is 0 Å². The van der Waals surface area contributed by atoms with Crippen molar-refractivity contribution in [3.05, 3.63) is 46.6 Å². The van der Waals surface area contributed by atoms with Crippen molar-refractivity contribution in [1.29, 1.82) is 5.26 Å². The number of halogens is 1. The molecule has 0 radical (unpaired) electrons. The molecule has 20 heavy (non-hydrogen) atoms. The smallest absolute Gasteiger partial charge is 0.103 e. The van der Waals surface area contributed by atoms with E-state index in [4.69, 9.17) is 0 Å². The maximum atomic E-state index is 9.25. The Bertz CT molecular complexity index is 850. The summed E-state index contributed by atoms with van der Waals surface area (Å²) in [6.45, 7) is 2.78. The molecular weight excluding hydrogens is 314 g/mol. The second kappa shape index (κ2) is 5.10. The van der Waals surface area contributed by atoms with Gasteiger partial charge in [0.2, 0.25) is 0 Å². The van der Waals surface area contributed by atoms with Crippen molar-refractivity contribution in [3.63, 3.8) is 0 Å². The maximum Gasteiger partial charge on any atom is 0.103 e. The van der Waals surface area contributed by atoms with Gasteiger partial charge >= 0.3 is 0 Å². The van der Waals surface area contributed by atoms with E-state index in [0.29, 0.717) is 5.56 Å². The molecule has 1 heterocycles. The fourth-order valence-electron chi connectivity index (χ4n) is 2.44. The third kappa shape index (κ3) is 1.91. The van der Waals surface area contributed by atoms with Crippen LogP contribution < -0.4 is 5.32 Å². The molecule has 0 amide bonds. The van der Waals surface area contributed by atoms with Crippen LogP contribution in [0.25, 0.3) is 21.7 Å². The Labute approximate surface area is 125 Å². The van der Waals surface area contributed by atoms with E-state index in [-0.39, 0.29) is 0 Å². The summed E-state index contributed by atoms with van der Waals surface area (Å²) >= 11 is 3.61. The van der Waals surface area contributed by atoms with Crippen molar-refractivity contribution in [2.24, 2.45) is 0 Å². The van der Waals surface area contributed by atoms with Crippen molar-refractivity contribution in [2.45, 2.75) is 6.92 Å². The monoisotopic (exact) mass is 325 g/mol. The van der Waals surface area contributed by atoms with Crippen molar-refractivity contribution in [1.82, 2.24) is 4.98 Å². The van der Waals surface area contributed by atoms with Gasteiger partial charge in [-0.3, -0.25) is 4.98 Å². The Morgan fingerprint density at radius 2 is 2.00 bits per heavy atom. The quantitative estimate of drug-likeness (QED) is 0.708. The molecule has 2 aromatic carbocycles. The van der Waals surface area contributed by atoms with Crippen LogP contribution in [-0.4, -0.2) is 11.5 Å². The third-order valence-electron chi connectivity index (χ3n) is 3.30. The van der Waals surface area contributed by atoms with E-state index < -0.39 is 0 Å². The minimum atomic E-state index is 0.571. The molecular formula is C16H12BrN3. The van der Waals surface area contributed by atoms with Crippen LogP contribution in [0, 0.1) is 11.3 Å². The second-order valence-corrected chi connectivity index (χ2v) is 5.34. The highest BCUT2D eigenvalue weighted by Gasteiger charge is 2.12. The Morgan fingerprint density at radius 1 is 1.25 bits per heavy atom. The van der Waals surface area contributed by atoms with Gasteiger partial charge in [-0.05, 0) is 18.4 Å².